The number of hydrogen-bond donors (Lipinski definition) is 1. The van der Waals surface area contributed by atoms with Crippen molar-refractivity contribution in [1.82, 2.24) is 0 Å². The van der Waals surface area contributed by atoms with Crippen LogP contribution in [-0.4, -0.2) is 25.4 Å². The van der Waals surface area contributed by atoms with Crippen LogP contribution in [0.1, 0.15) is 31.4 Å². The summed E-state index contributed by atoms with van der Waals surface area (Å²) < 4.78 is 50.3. The minimum atomic E-state index is -4.65. The van der Waals surface area contributed by atoms with Gasteiger partial charge < -0.3 is 14.8 Å². The van der Waals surface area contributed by atoms with E-state index in [9.17, 15) is 22.8 Å². The molecule has 160 valence electrons. The number of Topliss-reactive ketones (excluding diaryl/α,β-unsaturated/α-hetero) is 1. The summed E-state index contributed by atoms with van der Waals surface area (Å²) >= 11 is 0. The van der Waals surface area contributed by atoms with E-state index in [1.165, 1.54) is 25.3 Å². The van der Waals surface area contributed by atoms with Crippen LogP contribution in [-0.2, 0) is 15.8 Å². The van der Waals surface area contributed by atoms with E-state index in [1.807, 2.05) is 6.92 Å². The van der Waals surface area contributed by atoms with Crippen LogP contribution in [0, 0.1) is 0 Å². The van der Waals surface area contributed by atoms with Crippen LogP contribution in [0.4, 0.5) is 18.9 Å². The highest BCUT2D eigenvalue weighted by molar-refractivity contribution is 6.25. The lowest BCUT2D eigenvalue weighted by Crippen LogP contribution is -2.21. The monoisotopic (exact) mass is 421 g/mol. The molecular formula is C22H22F3NO4. The Morgan fingerprint density at radius 2 is 1.80 bits per heavy atom. The van der Waals surface area contributed by atoms with Crippen molar-refractivity contribution in [3.05, 3.63) is 59.2 Å². The molecule has 0 heterocycles. The number of anilines is 1. The van der Waals surface area contributed by atoms with Gasteiger partial charge in [-0.1, -0.05) is 25.1 Å². The van der Waals surface area contributed by atoms with Crippen LogP contribution in [0.2, 0.25) is 0 Å². The third-order valence-electron chi connectivity index (χ3n) is 4.06. The van der Waals surface area contributed by atoms with Crippen LogP contribution in [0.15, 0.2) is 48.0 Å². The number of amides is 1. The quantitative estimate of drug-likeness (QED) is 0.365. The lowest BCUT2D eigenvalue weighted by Gasteiger charge is -2.14. The van der Waals surface area contributed by atoms with Crippen molar-refractivity contribution in [3.63, 3.8) is 0 Å². The Morgan fingerprint density at radius 3 is 2.40 bits per heavy atom. The van der Waals surface area contributed by atoms with E-state index < -0.39 is 29.1 Å². The first kappa shape index (κ1) is 23.0. The predicted molar refractivity (Wildman–Crippen MR) is 108 cm³/mol. The zero-order chi connectivity index (χ0) is 22.3. The predicted octanol–water partition coefficient (Wildman–Crippen LogP) is 5.11. The Balaban J connectivity index is 2.35. The molecule has 1 N–H and O–H groups in total. The molecule has 0 aliphatic heterocycles. The summed E-state index contributed by atoms with van der Waals surface area (Å²) in [6, 6.07) is 9.39. The molecule has 1 amide bonds. The van der Waals surface area contributed by atoms with E-state index in [0.29, 0.717) is 23.7 Å². The number of para-hydroxylation sites is 1. The minimum absolute atomic E-state index is 0.295. The average molecular weight is 421 g/mol. The van der Waals surface area contributed by atoms with Gasteiger partial charge in [-0.15, -0.1) is 0 Å². The number of carbonyl (C=O) groups excluding carboxylic acids is 2. The summed E-state index contributed by atoms with van der Waals surface area (Å²) in [5.74, 6) is -0.626. The van der Waals surface area contributed by atoms with E-state index in [2.05, 4.69) is 5.32 Å². The highest BCUT2D eigenvalue weighted by Crippen LogP contribution is 2.35. The van der Waals surface area contributed by atoms with E-state index in [0.717, 1.165) is 25.5 Å². The zero-order valence-corrected chi connectivity index (χ0v) is 16.8. The van der Waals surface area contributed by atoms with Gasteiger partial charge in [-0.3, -0.25) is 9.59 Å². The molecule has 0 fully saturated rings. The number of ketones is 1. The van der Waals surface area contributed by atoms with Gasteiger partial charge in [0.2, 0.25) is 0 Å². The fraction of sp³-hybridized carbons (Fsp3) is 0.273. The molecule has 0 saturated heterocycles. The Bertz CT molecular complexity index is 952. The van der Waals surface area contributed by atoms with Gasteiger partial charge in [0.15, 0.2) is 17.3 Å². The number of halogens is 3. The minimum Gasteiger partial charge on any atom is -0.493 e. The summed E-state index contributed by atoms with van der Waals surface area (Å²) in [4.78, 5) is 24.6. The third-order valence-corrected chi connectivity index (χ3v) is 4.06. The van der Waals surface area contributed by atoms with Gasteiger partial charge in [-0.05, 0) is 49.2 Å². The molecule has 0 bridgehead atoms. The molecule has 0 atom stereocenters. The number of carbonyl (C=O) groups is 2. The first-order valence-electron chi connectivity index (χ1n) is 9.18. The van der Waals surface area contributed by atoms with Crippen LogP contribution in [0.5, 0.6) is 11.5 Å². The first-order chi connectivity index (χ1) is 14.2. The molecule has 0 saturated carbocycles. The van der Waals surface area contributed by atoms with Crippen molar-refractivity contribution < 1.29 is 32.2 Å². The number of rotatable bonds is 8. The number of nitrogens with one attached hydrogen (secondary N) is 1. The maximum atomic E-state index is 13.2. The van der Waals surface area contributed by atoms with Gasteiger partial charge in [0.1, 0.15) is 0 Å². The number of alkyl halides is 3. The third kappa shape index (κ3) is 5.85. The zero-order valence-electron chi connectivity index (χ0n) is 16.8. The highest BCUT2D eigenvalue weighted by Gasteiger charge is 2.33. The van der Waals surface area contributed by atoms with Gasteiger partial charge >= 0.3 is 6.18 Å². The first-order valence-corrected chi connectivity index (χ1v) is 9.18. The number of methoxy groups -OCH3 is 1. The number of ether oxygens (including phenoxy) is 2. The van der Waals surface area contributed by atoms with Crippen molar-refractivity contribution in [3.8, 4) is 11.5 Å². The van der Waals surface area contributed by atoms with Crippen LogP contribution in [0.25, 0.3) is 6.08 Å². The smallest absolute Gasteiger partial charge is 0.418 e. The summed E-state index contributed by atoms with van der Waals surface area (Å²) in [6.45, 7) is 3.61. The van der Waals surface area contributed by atoms with Crippen molar-refractivity contribution >= 4 is 23.5 Å². The van der Waals surface area contributed by atoms with E-state index >= 15 is 0 Å². The maximum Gasteiger partial charge on any atom is 0.418 e. The Morgan fingerprint density at radius 1 is 1.10 bits per heavy atom. The van der Waals surface area contributed by atoms with Gasteiger partial charge in [-0.2, -0.15) is 13.2 Å². The van der Waals surface area contributed by atoms with Gasteiger partial charge in [0.25, 0.3) is 5.91 Å². The standard InChI is InChI=1S/C22H22F3NO4/c1-4-11-30-19-10-9-15(13-20(19)29-3)12-16(14(2)27)21(28)26-18-8-6-5-7-17(18)22(23,24)25/h5-10,12-13H,4,11H2,1-3H3,(H,26,28)/b16-12+. The molecule has 0 aliphatic rings. The van der Waals surface area contributed by atoms with E-state index in [-0.39, 0.29) is 5.57 Å². The summed E-state index contributed by atoms with van der Waals surface area (Å²) in [7, 11) is 1.45. The van der Waals surface area contributed by atoms with Crippen molar-refractivity contribution in [2.45, 2.75) is 26.4 Å². The van der Waals surface area contributed by atoms with Gasteiger partial charge in [-0.25, -0.2) is 0 Å². The van der Waals surface area contributed by atoms with E-state index in [1.54, 1.807) is 18.2 Å². The largest absolute Gasteiger partial charge is 0.493 e. The fourth-order valence-corrected chi connectivity index (χ4v) is 2.63. The van der Waals surface area contributed by atoms with Crippen molar-refractivity contribution in [2.24, 2.45) is 0 Å². The average Bonchev–Trinajstić information content (AvgIpc) is 2.70. The lowest BCUT2D eigenvalue weighted by molar-refractivity contribution is -0.137. The SMILES string of the molecule is CCCOc1ccc(/C=C(\C(C)=O)C(=O)Nc2ccccc2C(F)(F)F)cc1OC. The molecule has 2 aromatic rings. The number of benzene rings is 2. The molecule has 8 heteroatoms. The Hall–Kier alpha value is -3.29. The molecular weight excluding hydrogens is 399 g/mol. The molecule has 0 aromatic heterocycles. The molecule has 0 unspecified atom stereocenters. The van der Waals surface area contributed by atoms with Gasteiger partial charge in [0, 0.05) is 0 Å². The Labute approximate surface area is 172 Å². The van der Waals surface area contributed by atoms with Crippen LogP contribution in [0.3, 0.4) is 0 Å². The van der Waals surface area contributed by atoms with Crippen molar-refractivity contribution in [2.75, 3.05) is 19.0 Å². The molecule has 0 spiro atoms. The normalized spacial score (nSPS) is 11.7. The maximum absolute atomic E-state index is 13.2. The second-order valence-corrected chi connectivity index (χ2v) is 6.37. The molecule has 2 aromatic carbocycles. The lowest BCUT2D eigenvalue weighted by atomic mass is 10.1. The highest BCUT2D eigenvalue weighted by atomic mass is 19.4. The van der Waals surface area contributed by atoms with Crippen LogP contribution >= 0.6 is 0 Å². The van der Waals surface area contributed by atoms with Crippen LogP contribution < -0.4 is 14.8 Å². The Kier molecular flexibility index (Phi) is 7.63. The molecule has 0 radical (unpaired) electrons. The molecule has 2 rings (SSSR count). The molecule has 0 aliphatic carbocycles. The molecule has 30 heavy (non-hydrogen) atoms. The van der Waals surface area contributed by atoms with E-state index in [4.69, 9.17) is 9.47 Å². The van der Waals surface area contributed by atoms with Crippen molar-refractivity contribution in [1.29, 1.82) is 0 Å². The van der Waals surface area contributed by atoms with Gasteiger partial charge in [0.05, 0.1) is 30.5 Å². The molecule has 5 nitrogen and oxygen atoms in total. The number of hydrogen-bond acceptors (Lipinski definition) is 4. The second kappa shape index (κ2) is 9.96. The second-order valence-electron chi connectivity index (χ2n) is 6.37. The fourth-order valence-electron chi connectivity index (χ4n) is 2.63. The summed E-state index contributed by atoms with van der Waals surface area (Å²) in [6.07, 6.45) is -2.55. The topological polar surface area (TPSA) is 64.6 Å². The summed E-state index contributed by atoms with van der Waals surface area (Å²) in [5.41, 5.74) is -1.26. The summed E-state index contributed by atoms with van der Waals surface area (Å²) in [5, 5.41) is 2.18.